The van der Waals surface area contributed by atoms with Crippen molar-refractivity contribution in [3.8, 4) is 0 Å². The van der Waals surface area contributed by atoms with Crippen LogP contribution in [-0.2, 0) is 0 Å². The van der Waals surface area contributed by atoms with Crippen molar-refractivity contribution in [2.75, 3.05) is 40.3 Å². The van der Waals surface area contributed by atoms with Crippen LogP contribution in [0.15, 0.2) is 0 Å². The number of hydrogen-bond acceptors (Lipinski definition) is 3. The maximum atomic E-state index is 3.75. The number of likely N-dealkylation sites (tertiary alicyclic amines) is 1. The zero-order valence-corrected chi connectivity index (χ0v) is 13.9. The molecule has 0 radical (unpaired) electrons. The van der Waals surface area contributed by atoms with Crippen LogP contribution in [0.3, 0.4) is 0 Å². The molecule has 0 amide bonds. The van der Waals surface area contributed by atoms with Gasteiger partial charge < -0.3 is 15.1 Å². The van der Waals surface area contributed by atoms with Crippen molar-refractivity contribution in [1.29, 1.82) is 0 Å². The van der Waals surface area contributed by atoms with Crippen LogP contribution >= 0.6 is 0 Å². The van der Waals surface area contributed by atoms with E-state index in [9.17, 15) is 0 Å². The van der Waals surface area contributed by atoms with E-state index in [1.807, 2.05) is 0 Å². The van der Waals surface area contributed by atoms with Crippen LogP contribution in [0.2, 0.25) is 0 Å². The zero-order valence-electron chi connectivity index (χ0n) is 13.9. The maximum Gasteiger partial charge on any atom is 0.0220 e. The molecule has 1 aliphatic heterocycles. The topological polar surface area (TPSA) is 18.5 Å². The fourth-order valence-corrected chi connectivity index (χ4v) is 4.15. The highest BCUT2D eigenvalue weighted by Gasteiger charge is 2.27. The van der Waals surface area contributed by atoms with E-state index in [0.29, 0.717) is 0 Å². The summed E-state index contributed by atoms with van der Waals surface area (Å²) in [6, 6.07) is 1.53. The Morgan fingerprint density at radius 1 is 1.10 bits per heavy atom. The second-order valence-corrected chi connectivity index (χ2v) is 7.06. The largest absolute Gasteiger partial charge is 0.314 e. The minimum absolute atomic E-state index is 0.756. The second kappa shape index (κ2) is 8.35. The number of piperidine rings is 1. The average Bonchev–Trinajstić information content (AvgIpc) is 2.65. The minimum atomic E-state index is 0.756. The Morgan fingerprint density at radius 2 is 1.90 bits per heavy atom. The van der Waals surface area contributed by atoms with E-state index in [2.05, 4.69) is 36.1 Å². The summed E-state index contributed by atoms with van der Waals surface area (Å²) in [7, 11) is 4.63. The first kappa shape index (κ1) is 16.3. The van der Waals surface area contributed by atoms with Crippen molar-refractivity contribution in [2.24, 2.45) is 5.92 Å². The molecule has 3 heteroatoms. The number of hydrogen-bond donors (Lipinski definition) is 1. The summed E-state index contributed by atoms with van der Waals surface area (Å²) in [6.07, 6.45) is 9.86. The standard InChI is InChI=1S/C17H35N3/c1-4-18-17-11-7-5-6-9-15(17)13-20(3)16-10-8-12-19(2)14-16/h15-18H,4-14H2,1-3H3. The summed E-state index contributed by atoms with van der Waals surface area (Å²) in [5, 5.41) is 3.75. The molecule has 3 unspecified atom stereocenters. The normalized spacial score (nSPS) is 33.3. The van der Waals surface area contributed by atoms with Crippen LogP contribution in [0.1, 0.15) is 51.9 Å². The molecule has 1 aliphatic carbocycles. The van der Waals surface area contributed by atoms with E-state index in [1.54, 1.807) is 0 Å². The first-order valence-electron chi connectivity index (χ1n) is 8.83. The summed E-state index contributed by atoms with van der Waals surface area (Å²) >= 11 is 0. The third-order valence-corrected chi connectivity index (χ3v) is 5.37. The summed E-state index contributed by atoms with van der Waals surface area (Å²) in [5.41, 5.74) is 0. The van der Waals surface area contributed by atoms with Crippen LogP contribution in [0.5, 0.6) is 0 Å². The number of rotatable bonds is 5. The third-order valence-electron chi connectivity index (χ3n) is 5.37. The smallest absolute Gasteiger partial charge is 0.0220 e. The van der Waals surface area contributed by atoms with Crippen LogP contribution in [0.25, 0.3) is 0 Å². The second-order valence-electron chi connectivity index (χ2n) is 7.06. The van der Waals surface area contributed by atoms with Crippen molar-refractivity contribution in [3.63, 3.8) is 0 Å². The van der Waals surface area contributed by atoms with Crippen LogP contribution in [-0.4, -0.2) is 62.2 Å². The third kappa shape index (κ3) is 4.71. The molecule has 3 nitrogen and oxygen atoms in total. The van der Waals surface area contributed by atoms with Gasteiger partial charge in [0.2, 0.25) is 0 Å². The Bertz CT molecular complexity index is 269. The van der Waals surface area contributed by atoms with Crippen LogP contribution in [0, 0.1) is 5.92 Å². The minimum Gasteiger partial charge on any atom is -0.314 e. The zero-order chi connectivity index (χ0) is 14.4. The summed E-state index contributed by atoms with van der Waals surface area (Å²) in [6.45, 7) is 7.21. The SMILES string of the molecule is CCNC1CCCCCC1CN(C)C1CCCN(C)C1. The molecular formula is C17H35N3. The van der Waals surface area contributed by atoms with Crippen molar-refractivity contribution in [3.05, 3.63) is 0 Å². The van der Waals surface area contributed by atoms with E-state index in [1.165, 1.54) is 64.6 Å². The average molecular weight is 281 g/mol. The van der Waals surface area contributed by atoms with Gasteiger partial charge in [0.25, 0.3) is 0 Å². The van der Waals surface area contributed by atoms with Gasteiger partial charge >= 0.3 is 0 Å². The molecule has 1 saturated carbocycles. The maximum absolute atomic E-state index is 3.75. The van der Waals surface area contributed by atoms with Gasteiger partial charge in [-0.05, 0) is 58.8 Å². The highest BCUT2D eigenvalue weighted by molar-refractivity contribution is 4.84. The van der Waals surface area contributed by atoms with Crippen molar-refractivity contribution < 1.29 is 0 Å². The van der Waals surface area contributed by atoms with E-state index in [-0.39, 0.29) is 0 Å². The molecule has 1 saturated heterocycles. The lowest BCUT2D eigenvalue weighted by Gasteiger charge is -2.38. The molecule has 3 atom stereocenters. The predicted molar refractivity (Wildman–Crippen MR) is 87.2 cm³/mol. The Kier molecular flexibility index (Phi) is 6.79. The van der Waals surface area contributed by atoms with Crippen molar-refractivity contribution >= 4 is 0 Å². The lowest BCUT2D eigenvalue weighted by molar-refractivity contribution is 0.110. The predicted octanol–water partition coefficient (Wildman–Crippen LogP) is 2.57. The lowest BCUT2D eigenvalue weighted by atomic mass is 9.93. The fourth-order valence-electron chi connectivity index (χ4n) is 4.15. The van der Waals surface area contributed by atoms with Gasteiger partial charge in [0.15, 0.2) is 0 Å². The van der Waals surface area contributed by atoms with Gasteiger partial charge in [-0.25, -0.2) is 0 Å². The van der Waals surface area contributed by atoms with Crippen LogP contribution < -0.4 is 5.32 Å². The van der Waals surface area contributed by atoms with Crippen LogP contribution in [0.4, 0.5) is 0 Å². The summed E-state index contributed by atoms with van der Waals surface area (Å²) in [4.78, 5) is 5.16. The van der Waals surface area contributed by atoms with Crippen molar-refractivity contribution in [1.82, 2.24) is 15.1 Å². The van der Waals surface area contributed by atoms with Gasteiger partial charge in [-0.15, -0.1) is 0 Å². The fraction of sp³-hybridized carbons (Fsp3) is 1.00. The molecule has 0 aromatic heterocycles. The lowest BCUT2D eigenvalue weighted by Crippen LogP contribution is -2.49. The van der Waals surface area contributed by atoms with E-state index in [4.69, 9.17) is 0 Å². The van der Waals surface area contributed by atoms with Gasteiger partial charge in [-0.3, -0.25) is 0 Å². The van der Waals surface area contributed by atoms with Gasteiger partial charge in [-0.1, -0.05) is 26.2 Å². The first-order valence-corrected chi connectivity index (χ1v) is 8.83. The Hall–Kier alpha value is -0.120. The number of nitrogens with one attached hydrogen (secondary N) is 1. The van der Waals surface area contributed by atoms with E-state index < -0.39 is 0 Å². The monoisotopic (exact) mass is 281 g/mol. The van der Waals surface area contributed by atoms with Gasteiger partial charge in [-0.2, -0.15) is 0 Å². The van der Waals surface area contributed by atoms with Gasteiger partial charge in [0.05, 0.1) is 0 Å². The number of likely N-dealkylation sites (N-methyl/N-ethyl adjacent to an activating group) is 2. The number of nitrogens with zero attached hydrogens (tertiary/aromatic N) is 2. The molecular weight excluding hydrogens is 246 g/mol. The molecule has 20 heavy (non-hydrogen) atoms. The molecule has 1 heterocycles. The molecule has 0 bridgehead atoms. The molecule has 0 spiro atoms. The molecule has 2 fully saturated rings. The van der Waals surface area contributed by atoms with E-state index >= 15 is 0 Å². The summed E-state index contributed by atoms with van der Waals surface area (Å²) in [5.74, 6) is 0.856. The summed E-state index contributed by atoms with van der Waals surface area (Å²) < 4.78 is 0. The Balaban J connectivity index is 1.87. The molecule has 2 aliphatic rings. The first-order chi connectivity index (χ1) is 9.70. The molecule has 0 aromatic carbocycles. The van der Waals surface area contributed by atoms with E-state index in [0.717, 1.165) is 24.5 Å². The molecule has 2 rings (SSSR count). The highest BCUT2D eigenvalue weighted by Crippen LogP contribution is 2.25. The van der Waals surface area contributed by atoms with Crippen molar-refractivity contribution in [2.45, 2.75) is 64.0 Å². The molecule has 118 valence electrons. The quantitative estimate of drug-likeness (QED) is 0.781. The molecule has 0 aromatic rings. The Morgan fingerprint density at radius 3 is 2.65 bits per heavy atom. The van der Waals surface area contributed by atoms with Gasteiger partial charge in [0.1, 0.15) is 0 Å². The highest BCUT2D eigenvalue weighted by atomic mass is 15.2. The molecule has 1 N–H and O–H groups in total. The van der Waals surface area contributed by atoms with Gasteiger partial charge in [0, 0.05) is 25.2 Å². The Labute approximate surface area is 126 Å².